The number of nitrogens with two attached hydrogens (primary N) is 1. The van der Waals surface area contributed by atoms with Crippen molar-refractivity contribution < 1.29 is 22.7 Å². The predicted octanol–water partition coefficient (Wildman–Crippen LogP) is 4.58. The van der Waals surface area contributed by atoms with E-state index in [0.29, 0.717) is 17.2 Å². The molecule has 1 amide bonds. The molecule has 150 valence electrons. The number of nitrogens with zero attached hydrogens (tertiary/aromatic N) is 1. The van der Waals surface area contributed by atoms with Crippen LogP contribution in [0.4, 0.5) is 30.2 Å². The maximum atomic E-state index is 13.2. The Kier molecular flexibility index (Phi) is 5.58. The van der Waals surface area contributed by atoms with Gasteiger partial charge in [-0.05, 0) is 48.5 Å². The molecule has 0 aliphatic carbocycles. The molecule has 3 rings (SSSR count). The number of rotatable bonds is 5. The number of amides is 1. The standard InChI is InChI=1S/C20H17F3N4O2/c1-25-19(28)18-11-15(8-9-26-18)29-14-5-3-13(4-6-14)27-17-7-2-12(24)10-16(17)20(21,22)23/h2-11,27H,24H2,1H3,(H,25,28). The fourth-order valence-corrected chi connectivity index (χ4v) is 2.53. The zero-order chi connectivity index (χ0) is 21.0. The van der Waals surface area contributed by atoms with Crippen molar-refractivity contribution in [3.05, 3.63) is 72.1 Å². The maximum absolute atomic E-state index is 13.2. The number of alkyl halides is 3. The first-order chi connectivity index (χ1) is 13.8. The maximum Gasteiger partial charge on any atom is 0.418 e. The lowest BCUT2D eigenvalue weighted by Gasteiger charge is -2.15. The molecule has 1 aromatic heterocycles. The van der Waals surface area contributed by atoms with Crippen molar-refractivity contribution in [3.63, 3.8) is 0 Å². The lowest BCUT2D eigenvalue weighted by atomic mass is 10.1. The van der Waals surface area contributed by atoms with Crippen LogP contribution in [0.25, 0.3) is 0 Å². The highest BCUT2D eigenvalue weighted by molar-refractivity contribution is 5.92. The number of hydrogen-bond donors (Lipinski definition) is 3. The third kappa shape index (κ3) is 4.95. The molecule has 2 aromatic carbocycles. The fraction of sp³-hybridized carbons (Fsp3) is 0.100. The van der Waals surface area contributed by atoms with Crippen molar-refractivity contribution >= 4 is 23.0 Å². The van der Waals surface area contributed by atoms with Crippen molar-refractivity contribution in [1.82, 2.24) is 10.3 Å². The predicted molar refractivity (Wildman–Crippen MR) is 103 cm³/mol. The number of nitrogens with one attached hydrogen (secondary N) is 2. The summed E-state index contributed by atoms with van der Waals surface area (Å²) in [6.45, 7) is 0. The van der Waals surface area contributed by atoms with Gasteiger partial charge in [-0.1, -0.05) is 0 Å². The minimum absolute atomic E-state index is 0.0279. The Morgan fingerprint density at radius 1 is 1.03 bits per heavy atom. The van der Waals surface area contributed by atoms with E-state index in [-0.39, 0.29) is 23.0 Å². The lowest BCUT2D eigenvalue weighted by molar-refractivity contribution is -0.136. The Morgan fingerprint density at radius 2 is 1.76 bits per heavy atom. The zero-order valence-electron chi connectivity index (χ0n) is 15.2. The molecule has 0 radical (unpaired) electrons. The molecule has 3 aromatic rings. The summed E-state index contributed by atoms with van der Waals surface area (Å²) in [5.41, 5.74) is 5.18. The number of anilines is 3. The Bertz CT molecular complexity index is 1020. The highest BCUT2D eigenvalue weighted by Gasteiger charge is 2.33. The summed E-state index contributed by atoms with van der Waals surface area (Å²) in [5, 5.41) is 5.20. The number of nitrogen functional groups attached to an aromatic ring is 1. The van der Waals surface area contributed by atoms with E-state index in [2.05, 4.69) is 15.6 Å². The van der Waals surface area contributed by atoms with Gasteiger partial charge in [-0.2, -0.15) is 13.2 Å². The van der Waals surface area contributed by atoms with Crippen LogP contribution in [0.15, 0.2) is 60.8 Å². The molecule has 0 unspecified atom stereocenters. The van der Waals surface area contributed by atoms with Gasteiger partial charge in [-0.25, -0.2) is 0 Å². The Morgan fingerprint density at radius 3 is 2.41 bits per heavy atom. The van der Waals surface area contributed by atoms with Gasteiger partial charge < -0.3 is 21.1 Å². The second-order valence-electron chi connectivity index (χ2n) is 6.01. The number of hydrogen-bond acceptors (Lipinski definition) is 5. The van der Waals surface area contributed by atoms with Crippen LogP contribution in [0.1, 0.15) is 16.1 Å². The van der Waals surface area contributed by atoms with Gasteiger partial charge in [0.2, 0.25) is 0 Å². The molecule has 0 spiro atoms. The molecule has 0 atom stereocenters. The summed E-state index contributed by atoms with van der Waals surface area (Å²) < 4.78 is 45.3. The van der Waals surface area contributed by atoms with Crippen LogP contribution >= 0.6 is 0 Å². The van der Waals surface area contributed by atoms with Crippen LogP contribution in [0.3, 0.4) is 0 Å². The fourth-order valence-electron chi connectivity index (χ4n) is 2.53. The monoisotopic (exact) mass is 402 g/mol. The highest BCUT2D eigenvalue weighted by atomic mass is 19.4. The SMILES string of the molecule is CNC(=O)c1cc(Oc2ccc(Nc3ccc(N)cc3C(F)(F)F)cc2)ccn1. The van der Waals surface area contributed by atoms with Gasteiger partial charge in [-0.15, -0.1) is 0 Å². The number of aromatic nitrogens is 1. The molecule has 4 N–H and O–H groups in total. The summed E-state index contributed by atoms with van der Waals surface area (Å²) in [5.74, 6) is 0.495. The summed E-state index contributed by atoms with van der Waals surface area (Å²) in [7, 11) is 1.49. The molecular weight excluding hydrogens is 385 g/mol. The smallest absolute Gasteiger partial charge is 0.418 e. The molecule has 0 bridgehead atoms. The number of ether oxygens (including phenoxy) is 1. The number of halogens is 3. The molecule has 0 aliphatic heterocycles. The largest absolute Gasteiger partial charge is 0.457 e. The van der Waals surface area contributed by atoms with E-state index in [1.165, 1.54) is 31.4 Å². The minimum Gasteiger partial charge on any atom is -0.457 e. The van der Waals surface area contributed by atoms with Crippen molar-refractivity contribution in [3.8, 4) is 11.5 Å². The third-order valence-corrected chi connectivity index (χ3v) is 3.91. The van der Waals surface area contributed by atoms with Crippen LogP contribution in [0, 0.1) is 0 Å². The first-order valence-electron chi connectivity index (χ1n) is 8.46. The van der Waals surface area contributed by atoms with Gasteiger partial charge >= 0.3 is 6.18 Å². The molecule has 0 aliphatic rings. The number of carbonyl (C=O) groups excluding carboxylic acids is 1. The van der Waals surface area contributed by atoms with E-state index in [4.69, 9.17) is 10.5 Å². The van der Waals surface area contributed by atoms with E-state index >= 15 is 0 Å². The molecule has 9 heteroatoms. The summed E-state index contributed by atoms with van der Waals surface area (Å²) in [4.78, 5) is 15.6. The second-order valence-corrected chi connectivity index (χ2v) is 6.01. The van der Waals surface area contributed by atoms with Crippen LogP contribution in [0.2, 0.25) is 0 Å². The van der Waals surface area contributed by atoms with Crippen molar-refractivity contribution in [2.24, 2.45) is 0 Å². The van der Waals surface area contributed by atoms with Gasteiger partial charge in [0, 0.05) is 30.7 Å². The summed E-state index contributed by atoms with van der Waals surface area (Å²) in [6.07, 6.45) is -3.10. The van der Waals surface area contributed by atoms with E-state index in [1.807, 2.05) is 0 Å². The van der Waals surface area contributed by atoms with Gasteiger partial charge in [-0.3, -0.25) is 9.78 Å². The summed E-state index contributed by atoms with van der Waals surface area (Å²) >= 11 is 0. The Labute approximate surface area is 164 Å². The van der Waals surface area contributed by atoms with Crippen LogP contribution in [0.5, 0.6) is 11.5 Å². The van der Waals surface area contributed by atoms with E-state index < -0.39 is 11.7 Å². The van der Waals surface area contributed by atoms with Crippen molar-refractivity contribution in [2.75, 3.05) is 18.1 Å². The van der Waals surface area contributed by atoms with Gasteiger partial charge in [0.1, 0.15) is 17.2 Å². The van der Waals surface area contributed by atoms with E-state index in [1.54, 1.807) is 30.3 Å². The zero-order valence-corrected chi connectivity index (χ0v) is 15.2. The molecule has 1 heterocycles. The number of pyridine rings is 1. The van der Waals surface area contributed by atoms with Crippen molar-refractivity contribution in [2.45, 2.75) is 6.18 Å². The molecule has 0 saturated carbocycles. The Hall–Kier alpha value is -3.75. The number of benzene rings is 2. The molecule has 0 fully saturated rings. The first kappa shape index (κ1) is 20.0. The molecular formula is C20H17F3N4O2. The molecule has 6 nitrogen and oxygen atoms in total. The highest BCUT2D eigenvalue weighted by Crippen LogP contribution is 2.37. The van der Waals surface area contributed by atoms with Crippen LogP contribution < -0.4 is 21.1 Å². The quantitative estimate of drug-likeness (QED) is 0.544. The summed E-state index contributed by atoms with van der Waals surface area (Å²) in [6, 6.07) is 13.0. The lowest BCUT2D eigenvalue weighted by Crippen LogP contribution is -2.18. The third-order valence-electron chi connectivity index (χ3n) is 3.91. The second kappa shape index (κ2) is 8.09. The average molecular weight is 402 g/mol. The molecule has 0 saturated heterocycles. The molecule has 29 heavy (non-hydrogen) atoms. The van der Waals surface area contributed by atoms with Crippen LogP contribution in [-0.4, -0.2) is 17.9 Å². The van der Waals surface area contributed by atoms with Gasteiger partial charge in [0.25, 0.3) is 5.91 Å². The first-order valence-corrected chi connectivity index (χ1v) is 8.46. The van der Waals surface area contributed by atoms with E-state index in [0.717, 1.165) is 6.07 Å². The van der Waals surface area contributed by atoms with Crippen LogP contribution in [-0.2, 0) is 6.18 Å². The normalized spacial score (nSPS) is 11.0. The van der Waals surface area contributed by atoms with Gasteiger partial charge in [0.15, 0.2) is 0 Å². The van der Waals surface area contributed by atoms with E-state index in [9.17, 15) is 18.0 Å². The average Bonchev–Trinajstić information content (AvgIpc) is 2.69. The van der Waals surface area contributed by atoms with Gasteiger partial charge in [0.05, 0.1) is 11.3 Å². The topological polar surface area (TPSA) is 89.3 Å². The minimum atomic E-state index is -4.54. The Balaban J connectivity index is 1.76. The number of carbonyl (C=O) groups is 1. The van der Waals surface area contributed by atoms with Crippen molar-refractivity contribution in [1.29, 1.82) is 0 Å².